The van der Waals surface area contributed by atoms with Crippen LogP contribution in [0.4, 0.5) is 0 Å². The molecule has 2 aromatic carbocycles. The van der Waals surface area contributed by atoms with E-state index in [1.54, 1.807) is 24.3 Å². The SMILES string of the molecule is Cc1ccc(S(=O)(=O)NCC/C=C(\C#CC2CC2)c2ccccc2)cc1. The van der Waals surface area contributed by atoms with E-state index in [0.717, 1.165) is 16.7 Å². The molecule has 1 N–H and O–H groups in total. The summed E-state index contributed by atoms with van der Waals surface area (Å²) < 4.78 is 27.3. The number of hydrogen-bond donors (Lipinski definition) is 1. The number of sulfonamides is 1. The van der Waals surface area contributed by atoms with Gasteiger partial charge in [-0.2, -0.15) is 0 Å². The minimum Gasteiger partial charge on any atom is -0.211 e. The highest BCUT2D eigenvalue weighted by molar-refractivity contribution is 7.89. The average molecular weight is 365 g/mol. The van der Waals surface area contributed by atoms with E-state index in [0.29, 0.717) is 23.8 Å². The van der Waals surface area contributed by atoms with Gasteiger partial charge in [0.15, 0.2) is 0 Å². The molecule has 1 aliphatic rings. The van der Waals surface area contributed by atoms with Gasteiger partial charge in [0.1, 0.15) is 0 Å². The zero-order chi connectivity index (χ0) is 18.4. The maximum absolute atomic E-state index is 12.3. The average Bonchev–Trinajstić information content (AvgIpc) is 3.46. The topological polar surface area (TPSA) is 46.2 Å². The van der Waals surface area contributed by atoms with E-state index in [9.17, 15) is 8.42 Å². The summed E-state index contributed by atoms with van der Waals surface area (Å²) in [4.78, 5) is 0.295. The Bertz CT molecular complexity index is 929. The molecule has 134 valence electrons. The maximum atomic E-state index is 12.3. The molecule has 0 aliphatic heterocycles. The molecule has 4 heteroatoms. The van der Waals surface area contributed by atoms with E-state index in [-0.39, 0.29) is 0 Å². The third kappa shape index (κ3) is 5.32. The summed E-state index contributed by atoms with van der Waals surface area (Å²) in [6.07, 6.45) is 4.98. The molecular formula is C22H23NO2S. The van der Waals surface area contributed by atoms with E-state index in [1.807, 2.05) is 43.3 Å². The van der Waals surface area contributed by atoms with Crippen molar-refractivity contribution >= 4 is 15.6 Å². The Morgan fingerprint density at radius 3 is 2.46 bits per heavy atom. The molecule has 0 heterocycles. The van der Waals surface area contributed by atoms with E-state index in [4.69, 9.17) is 0 Å². The summed E-state index contributed by atoms with van der Waals surface area (Å²) in [5.74, 6) is 7.08. The summed E-state index contributed by atoms with van der Waals surface area (Å²) in [6.45, 7) is 2.28. The predicted molar refractivity (Wildman–Crippen MR) is 106 cm³/mol. The molecular weight excluding hydrogens is 342 g/mol. The molecule has 1 saturated carbocycles. The van der Waals surface area contributed by atoms with Gasteiger partial charge in [0, 0.05) is 18.0 Å². The van der Waals surface area contributed by atoms with Crippen molar-refractivity contribution in [2.75, 3.05) is 6.54 Å². The molecule has 3 nitrogen and oxygen atoms in total. The minimum absolute atomic E-state index is 0.295. The second kappa shape index (κ2) is 8.35. The fourth-order valence-electron chi connectivity index (χ4n) is 2.48. The molecule has 1 aliphatic carbocycles. The van der Waals surface area contributed by atoms with Crippen LogP contribution in [0.15, 0.2) is 65.6 Å². The van der Waals surface area contributed by atoms with Crippen molar-refractivity contribution in [1.29, 1.82) is 0 Å². The van der Waals surface area contributed by atoms with Crippen molar-refractivity contribution in [2.24, 2.45) is 5.92 Å². The van der Waals surface area contributed by atoms with Gasteiger partial charge in [-0.3, -0.25) is 0 Å². The van der Waals surface area contributed by atoms with Gasteiger partial charge in [0.25, 0.3) is 0 Å². The highest BCUT2D eigenvalue weighted by Gasteiger charge is 2.18. The Labute approximate surface area is 156 Å². The molecule has 26 heavy (non-hydrogen) atoms. The summed E-state index contributed by atoms with van der Waals surface area (Å²) in [5, 5.41) is 0. The van der Waals surface area contributed by atoms with Crippen LogP contribution in [0.2, 0.25) is 0 Å². The van der Waals surface area contributed by atoms with Crippen LogP contribution >= 0.6 is 0 Å². The number of rotatable bonds is 6. The smallest absolute Gasteiger partial charge is 0.211 e. The molecule has 0 atom stereocenters. The Morgan fingerprint density at radius 2 is 1.81 bits per heavy atom. The summed E-state index contributed by atoms with van der Waals surface area (Å²) in [6, 6.07) is 16.9. The predicted octanol–water partition coefficient (Wildman–Crippen LogP) is 4.16. The fraction of sp³-hybridized carbons (Fsp3) is 0.273. The van der Waals surface area contributed by atoms with Crippen LogP contribution in [0.3, 0.4) is 0 Å². The largest absolute Gasteiger partial charge is 0.240 e. The third-order valence-corrected chi connectivity index (χ3v) is 5.67. The van der Waals surface area contributed by atoms with Gasteiger partial charge in [-0.05, 0) is 43.9 Å². The first kappa shape index (κ1) is 18.4. The molecule has 0 saturated heterocycles. The second-order valence-electron chi connectivity index (χ2n) is 6.53. The molecule has 0 radical (unpaired) electrons. The Hall–Kier alpha value is -2.35. The standard InChI is InChI=1S/C22H23NO2S/c1-18-9-15-22(16-10-18)26(24,25)23-17-5-8-21(14-13-19-11-12-19)20-6-3-2-4-7-20/h2-4,6-10,15-16,19,23H,5,11-12,17H2,1H3/b21-8+. The Balaban J connectivity index is 1.65. The van der Waals surface area contributed by atoms with Gasteiger partial charge in [-0.25, -0.2) is 13.1 Å². The first-order valence-corrected chi connectivity index (χ1v) is 10.4. The lowest BCUT2D eigenvalue weighted by atomic mass is 10.0. The Kier molecular flexibility index (Phi) is 5.92. The van der Waals surface area contributed by atoms with Gasteiger partial charge in [0.05, 0.1) is 4.90 Å². The zero-order valence-electron chi connectivity index (χ0n) is 14.9. The van der Waals surface area contributed by atoms with Crippen molar-refractivity contribution in [3.8, 4) is 11.8 Å². The van der Waals surface area contributed by atoms with Gasteiger partial charge < -0.3 is 0 Å². The number of allylic oxidation sites excluding steroid dienone is 1. The van der Waals surface area contributed by atoms with Crippen molar-refractivity contribution in [1.82, 2.24) is 4.72 Å². The summed E-state index contributed by atoms with van der Waals surface area (Å²) >= 11 is 0. The highest BCUT2D eigenvalue weighted by atomic mass is 32.2. The number of nitrogens with one attached hydrogen (secondary N) is 1. The molecule has 0 unspecified atom stereocenters. The van der Waals surface area contributed by atoms with Gasteiger partial charge in [-0.1, -0.05) is 65.9 Å². The zero-order valence-corrected chi connectivity index (χ0v) is 15.7. The molecule has 0 aromatic heterocycles. The third-order valence-electron chi connectivity index (χ3n) is 4.19. The highest BCUT2D eigenvalue weighted by Crippen LogP contribution is 2.28. The van der Waals surface area contributed by atoms with Crippen LogP contribution in [0, 0.1) is 24.7 Å². The van der Waals surface area contributed by atoms with Crippen LogP contribution in [-0.4, -0.2) is 15.0 Å². The molecule has 0 spiro atoms. The van der Waals surface area contributed by atoms with Gasteiger partial charge in [0.2, 0.25) is 10.0 Å². The lowest BCUT2D eigenvalue weighted by Crippen LogP contribution is -2.24. The van der Waals surface area contributed by atoms with Crippen LogP contribution in [-0.2, 0) is 10.0 Å². The first-order chi connectivity index (χ1) is 12.5. The number of hydrogen-bond acceptors (Lipinski definition) is 2. The summed E-state index contributed by atoms with van der Waals surface area (Å²) in [7, 11) is -3.47. The minimum atomic E-state index is -3.47. The molecule has 1 fully saturated rings. The molecule has 2 aromatic rings. The molecule has 0 amide bonds. The first-order valence-electron chi connectivity index (χ1n) is 8.88. The summed E-state index contributed by atoms with van der Waals surface area (Å²) in [5.41, 5.74) is 3.07. The van der Waals surface area contributed by atoms with Crippen molar-refractivity contribution < 1.29 is 8.42 Å². The van der Waals surface area contributed by atoms with Crippen LogP contribution in [0.5, 0.6) is 0 Å². The van der Waals surface area contributed by atoms with Crippen LogP contribution in [0.1, 0.15) is 30.4 Å². The second-order valence-corrected chi connectivity index (χ2v) is 8.29. The normalized spacial score (nSPS) is 14.6. The van der Waals surface area contributed by atoms with E-state index in [2.05, 4.69) is 16.6 Å². The van der Waals surface area contributed by atoms with Gasteiger partial charge >= 0.3 is 0 Å². The maximum Gasteiger partial charge on any atom is 0.240 e. The van der Waals surface area contributed by atoms with Crippen LogP contribution < -0.4 is 4.72 Å². The monoisotopic (exact) mass is 365 g/mol. The van der Waals surface area contributed by atoms with Crippen molar-refractivity contribution in [3.63, 3.8) is 0 Å². The van der Waals surface area contributed by atoms with E-state index < -0.39 is 10.0 Å². The Morgan fingerprint density at radius 1 is 1.12 bits per heavy atom. The van der Waals surface area contributed by atoms with Crippen molar-refractivity contribution in [2.45, 2.75) is 31.1 Å². The molecule has 0 bridgehead atoms. The van der Waals surface area contributed by atoms with E-state index in [1.165, 1.54) is 12.8 Å². The fourth-order valence-corrected chi connectivity index (χ4v) is 3.52. The lowest BCUT2D eigenvalue weighted by molar-refractivity contribution is 0.582. The van der Waals surface area contributed by atoms with Crippen molar-refractivity contribution in [3.05, 3.63) is 71.8 Å². The number of benzene rings is 2. The van der Waals surface area contributed by atoms with Crippen LogP contribution in [0.25, 0.3) is 5.57 Å². The number of aryl methyl sites for hydroxylation is 1. The quantitative estimate of drug-likeness (QED) is 0.617. The van der Waals surface area contributed by atoms with E-state index >= 15 is 0 Å². The molecule has 3 rings (SSSR count). The van der Waals surface area contributed by atoms with Gasteiger partial charge in [-0.15, -0.1) is 0 Å². The lowest BCUT2D eigenvalue weighted by Gasteiger charge is -2.06.